The summed E-state index contributed by atoms with van der Waals surface area (Å²) < 4.78 is 5.18. The Morgan fingerprint density at radius 1 is 1.50 bits per heavy atom. The van der Waals surface area contributed by atoms with E-state index in [2.05, 4.69) is 5.32 Å². The smallest absolute Gasteiger partial charge is 0.273 e. The summed E-state index contributed by atoms with van der Waals surface area (Å²) in [6.45, 7) is 1.17. The second-order valence-corrected chi connectivity index (χ2v) is 4.67. The molecule has 1 atom stereocenters. The Balaban J connectivity index is 1.98. The van der Waals surface area contributed by atoms with Crippen molar-refractivity contribution in [3.8, 4) is 0 Å². The van der Waals surface area contributed by atoms with Gasteiger partial charge in [0, 0.05) is 31.3 Å². The molecule has 2 rings (SSSR count). The second-order valence-electron chi connectivity index (χ2n) is 4.67. The van der Waals surface area contributed by atoms with Gasteiger partial charge in [0.25, 0.3) is 5.69 Å². The maximum Gasteiger partial charge on any atom is 0.273 e. The van der Waals surface area contributed by atoms with Gasteiger partial charge in [0.05, 0.1) is 11.5 Å². The van der Waals surface area contributed by atoms with Crippen molar-refractivity contribution in [2.24, 2.45) is 5.92 Å². The van der Waals surface area contributed by atoms with Crippen molar-refractivity contribution in [2.75, 3.05) is 13.7 Å². The number of nitro benzene ring substituents is 1. The summed E-state index contributed by atoms with van der Waals surface area (Å²) in [4.78, 5) is 10.6. The van der Waals surface area contributed by atoms with E-state index in [9.17, 15) is 10.1 Å². The molecule has 1 fully saturated rings. The molecule has 18 heavy (non-hydrogen) atoms. The van der Waals surface area contributed by atoms with Crippen molar-refractivity contribution in [1.82, 2.24) is 5.32 Å². The summed E-state index contributed by atoms with van der Waals surface area (Å²) in [6, 6.07) is 7.15. The van der Waals surface area contributed by atoms with Gasteiger partial charge < -0.3 is 10.1 Å². The molecule has 0 aliphatic heterocycles. The zero-order valence-electron chi connectivity index (χ0n) is 10.5. The van der Waals surface area contributed by atoms with Gasteiger partial charge in [0.2, 0.25) is 0 Å². The van der Waals surface area contributed by atoms with Gasteiger partial charge in [-0.2, -0.15) is 0 Å². The first-order valence-corrected chi connectivity index (χ1v) is 6.17. The summed E-state index contributed by atoms with van der Waals surface area (Å²) in [6.07, 6.45) is 2.44. The quantitative estimate of drug-likeness (QED) is 0.594. The highest BCUT2D eigenvalue weighted by Crippen LogP contribution is 2.33. The molecule has 1 saturated carbocycles. The molecule has 1 N–H and O–H groups in total. The first kappa shape index (κ1) is 13.0. The van der Waals surface area contributed by atoms with Crippen molar-refractivity contribution < 1.29 is 9.66 Å². The number of rotatable bonds is 7. The van der Waals surface area contributed by atoms with Gasteiger partial charge in [0.1, 0.15) is 0 Å². The lowest BCUT2D eigenvalue weighted by atomic mass is 10.1. The lowest BCUT2D eigenvalue weighted by Gasteiger charge is -2.17. The van der Waals surface area contributed by atoms with Crippen LogP contribution in [0, 0.1) is 16.0 Å². The van der Waals surface area contributed by atoms with Crippen LogP contribution in [-0.4, -0.2) is 24.7 Å². The predicted molar refractivity (Wildman–Crippen MR) is 68.3 cm³/mol. The SMILES string of the molecule is COCC(NCc1ccccc1[N+](=O)[O-])C1CC1. The van der Waals surface area contributed by atoms with Gasteiger partial charge in [-0.05, 0) is 18.8 Å². The van der Waals surface area contributed by atoms with Crippen LogP contribution in [0.5, 0.6) is 0 Å². The molecular formula is C13H18N2O3. The maximum atomic E-state index is 10.9. The molecule has 1 aliphatic carbocycles. The normalized spacial score (nSPS) is 16.5. The fourth-order valence-electron chi connectivity index (χ4n) is 2.12. The molecule has 0 aromatic heterocycles. The topological polar surface area (TPSA) is 64.4 Å². The zero-order valence-corrected chi connectivity index (χ0v) is 10.5. The van der Waals surface area contributed by atoms with Crippen molar-refractivity contribution in [2.45, 2.75) is 25.4 Å². The molecule has 98 valence electrons. The summed E-state index contributed by atoms with van der Waals surface area (Å²) in [5.74, 6) is 0.660. The predicted octanol–water partition coefficient (Wildman–Crippen LogP) is 2.11. The van der Waals surface area contributed by atoms with E-state index in [1.807, 2.05) is 6.07 Å². The van der Waals surface area contributed by atoms with Crippen LogP contribution in [0.15, 0.2) is 24.3 Å². The Morgan fingerprint density at radius 3 is 2.83 bits per heavy atom. The Morgan fingerprint density at radius 2 is 2.22 bits per heavy atom. The fourth-order valence-corrected chi connectivity index (χ4v) is 2.12. The van der Waals surface area contributed by atoms with Crippen molar-refractivity contribution in [3.63, 3.8) is 0 Å². The highest BCUT2D eigenvalue weighted by atomic mass is 16.6. The van der Waals surface area contributed by atoms with Crippen LogP contribution >= 0.6 is 0 Å². The lowest BCUT2D eigenvalue weighted by Crippen LogP contribution is -2.34. The minimum absolute atomic E-state index is 0.178. The van der Waals surface area contributed by atoms with Crippen LogP contribution in [-0.2, 0) is 11.3 Å². The molecule has 5 nitrogen and oxygen atoms in total. The first-order chi connectivity index (χ1) is 8.72. The van der Waals surface area contributed by atoms with Crippen LogP contribution in [0.2, 0.25) is 0 Å². The Labute approximate surface area is 106 Å². The Bertz CT molecular complexity index is 418. The molecule has 0 spiro atoms. The average Bonchev–Trinajstić information content (AvgIpc) is 3.19. The van der Waals surface area contributed by atoms with Crippen LogP contribution < -0.4 is 5.32 Å². The summed E-state index contributed by atoms with van der Waals surface area (Å²) >= 11 is 0. The molecule has 0 bridgehead atoms. The number of nitrogens with one attached hydrogen (secondary N) is 1. The number of nitrogens with zero attached hydrogens (tertiary/aromatic N) is 1. The van der Waals surface area contributed by atoms with E-state index in [0.29, 0.717) is 25.1 Å². The molecule has 0 amide bonds. The molecular weight excluding hydrogens is 232 g/mol. The van der Waals surface area contributed by atoms with Gasteiger partial charge in [-0.15, -0.1) is 0 Å². The number of hydrogen-bond acceptors (Lipinski definition) is 4. The average molecular weight is 250 g/mol. The van der Waals surface area contributed by atoms with Crippen molar-refractivity contribution in [1.29, 1.82) is 0 Å². The van der Waals surface area contributed by atoms with E-state index in [1.54, 1.807) is 25.3 Å². The van der Waals surface area contributed by atoms with Crippen LogP contribution in [0.4, 0.5) is 5.69 Å². The molecule has 1 aromatic carbocycles. The number of nitro groups is 1. The minimum Gasteiger partial charge on any atom is -0.383 e. The minimum atomic E-state index is -0.334. The van der Waals surface area contributed by atoms with Gasteiger partial charge >= 0.3 is 0 Å². The fraction of sp³-hybridized carbons (Fsp3) is 0.538. The third-order valence-electron chi connectivity index (χ3n) is 3.28. The standard InChI is InChI=1S/C13H18N2O3/c1-18-9-12(10-6-7-10)14-8-11-4-2-3-5-13(11)15(16)17/h2-5,10,12,14H,6-9H2,1H3. The Hall–Kier alpha value is -1.46. The summed E-state index contributed by atoms with van der Waals surface area (Å²) in [7, 11) is 1.68. The molecule has 0 heterocycles. The van der Waals surface area contributed by atoms with Gasteiger partial charge in [-0.3, -0.25) is 10.1 Å². The number of methoxy groups -OCH3 is 1. The number of hydrogen-bond donors (Lipinski definition) is 1. The lowest BCUT2D eigenvalue weighted by molar-refractivity contribution is -0.385. The highest BCUT2D eigenvalue weighted by Gasteiger charge is 2.31. The Kier molecular flexibility index (Phi) is 4.28. The molecule has 1 unspecified atom stereocenters. The van der Waals surface area contributed by atoms with E-state index < -0.39 is 0 Å². The zero-order chi connectivity index (χ0) is 13.0. The third kappa shape index (κ3) is 3.27. The number of ether oxygens (including phenoxy) is 1. The van der Waals surface area contributed by atoms with Crippen LogP contribution in [0.1, 0.15) is 18.4 Å². The van der Waals surface area contributed by atoms with Gasteiger partial charge in [-0.25, -0.2) is 0 Å². The van der Waals surface area contributed by atoms with E-state index in [0.717, 1.165) is 5.56 Å². The monoisotopic (exact) mass is 250 g/mol. The van der Waals surface area contributed by atoms with E-state index in [1.165, 1.54) is 12.8 Å². The van der Waals surface area contributed by atoms with Gasteiger partial charge in [-0.1, -0.05) is 18.2 Å². The molecule has 1 aliphatic rings. The maximum absolute atomic E-state index is 10.9. The molecule has 0 saturated heterocycles. The molecule has 0 radical (unpaired) electrons. The van der Waals surface area contributed by atoms with Crippen LogP contribution in [0.25, 0.3) is 0 Å². The van der Waals surface area contributed by atoms with Gasteiger partial charge in [0.15, 0.2) is 0 Å². The largest absolute Gasteiger partial charge is 0.383 e. The highest BCUT2D eigenvalue weighted by molar-refractivity contribution is 5.39. The first-order valence-electron chi connectivity index (χ1n) is 6.17. The summed E-state index contributed by atoms with van der Waals surface area (Å²) in [5.41, 5.74) is 0.904. The number of para-hydroxylation sites is 1. The molecule has 1 aromatic rings. The second kappa shape index (κ2) is 5.93. The third-order valence-corrected chi connectivity index (χ3v) is 3.28. The van der Waals surface area contributed by atoms with Crippen LogP contribution in [0.3, 0.4) is 0 Å². The summed E-state index contributed by atoms with van der Waals surface area (Å²) in [5, 5.41) is 14.3. The van der Waals surface area contributed by atoms with Crippen molar-refractivity contribution >= 4 is 5.69 Å². The van der Waals surface area contributed by atoms with Crippen molar-refractivity contribution in [3.05, 3.63) is 39.9 Å². The van der Waals surface area contributed by atoms with E-state index >= 15 is 0 Å². The van der Waals surface area contributed by atoms with E-state index in [-0.39, 0.29) is 10.6 Å². The van der Waals surface area contributed by atoms with E-state index in [4.69, 9.17) is 4.74 Å². The number of benzene rings is 1. The molecule has 5 heteroatoms.